The Morgan fingerprint density at radius 1 is 1.39 bits per heavy atom. The van der Waals surface area contributed by atoms with Crippen LogP contribution in [-0.2, 0) is 14.2 Å². The summed E-state index contributed by atoms with van der Waals surface area (Å²) in [5.41, 5.74) is -0.265. The molecule has 4 aliphatic rings. The first-order chi connectivity index (χ1) is 8.57. The van der Waals surface area contributed by atoms with Crippen molar-refractivity contribution < 1.29 is 14.2 Å². The first-order valence-corrected chi connectivity index (χ1v) is 7.16. The molecule has 4 fully saturated rings. The average molecular weight is 250 g/mol. The summed E-state index contributed by atoms with van der Waals surface area (Å²) in [5.74, 6) is 1.82. The van der Waals surface area contributed by atoms with Gasteiger partial charge < -0.3 is 14.2 Å². The van der Waals surface area contributed by atoms with Crippen molar-refractivity contribution in [2.24, 2.45) is 17.8 Å². The molecule has 3 aliphatic heterocycles. The number of ether oxygens (including phenoxy) is 3. The molecule has 3 heterocycles. The minimum atomic E-state index is -0.208. The second-order valence-corrected chi connectivity index (χ2v) is 6.76. The molecule has 1 saturated carbocycles. The average Bonchev–Trinajstić information content (AvgIpc) is 3.22. The lowest BCUT2D eigenvalue weighted by atomic mass is 9.74. The smallest absolute Gasteiger partial charge is 0.153 e. The summed E-state index contributed by atoms with van der Waals surface area (Å²) in [6, 6.07) is 0. The van der Waals surface area contributed by atoms with Crippen LogP contribution in [0.2, 0.25) is 0 Å². The zero-order valence-electron chi connectivity index (χ0n) is 11.4. The number of rotatable bonds is 2. The Hall–Kier alpha value is -0.380. The van der Waals surface area contributed by atoms with Crippen molar-refractivity contribution in [3.8, 4) is 0 Å². The molecule has 3 saturated heterocycles. The van der Waals surface area contributed by atoms with Crippen LogP contribution in [0.5, 0.6) is 0 Å². The van der Waals surface area contributed by atoms with Gasteiger partial charge in [-0.3, -0.25) is 0 Å². The van der Waals surface area contributed by atoms with Gasteiger partial charge in [0.15, 0.2) is 5.60 Å². The Morgan fingerprint density at radius 2 is 2.11 bits per heavy atom. The van der Waals surface area contributed by atoms with Crippen LogP contribution in [0.4, 0.5) is 0 Å². The summed E-state index contributed by atoms with van der Waals surface area (Å²) in [5, 5.41) is 0. The van der Waals surface area contributed by atoms with Crippen molar-refractivity contribution in [3.05, 3.63) is 12.7 Å². The number of hydrogen-bond donors (Lipinski definition) is 0. The largest absolute Gasteiger partial charge is 0.368 e. The molecule has 100 valence electrons. The molecule has 3 heteroatoms. The van der Waals surface area contributed by atoms with Crippen molar-refractivity contribution in [1.82, 2.24) is 0 Å². The highest BCUT2D eigenvalue weighted by molar-refractivity contribution is 5.35. The monoisotopic (exact) mass is 250 g/mol. The molecule has 18 heavy (non-hydrogen) atoms. The molecule has 0 aromatic carbocycles. The molecule has 0 unspecified atom stereocenters. The zero-order valence-corrected chi connectivity index (χ0v) is 11.4. The second-order valence-electron chi connectivity index (χ2n) is 6.76. The first-order valence-electron chi connectivity index (χ1n) is 7.16. The van der Waals surface area contributed by atoms with E-state index in [9.17, 15) is 0 Å². The van der Waals surface area contributed by atoms with Crippen LogP contribution in [0.1, 0.15) is 27.2 Å². The van der Waals surface area contributed by atoms with Crippen molar-refractivity contribution in [2.75, 3.05) is 6.61 Å². The number of hydrogen-bond acceptors (Lipinski definition) is 3. The van der Waals surface area contributed by atoms with E-state index < -0.39 is 0 Å². The third-order valence-electron chi connectivity index (χ3n) is 5.73. The highest BCUT2D eigenvalue weighted by Gasteiger charge is 2.87. The summed E-state index contributed by atoms with van der Waals surface area (Å²) >= 11 is 0. The molecule has 0 amide bonds. The Labute approximate surface area is 108 Å². The van der Waals surface area contributed by atoms with Crippen LogP contribution in [0.3, 0.4) is 0 Å². The standard InChI is InChI=1S/C15H22O3/c1-5-12-14(7-16-14)15-11(9(4)17-12)6-10(8(2)3)13(15)18-15/h5,8-13H,1,6-7H2,2-4H3/t9-,10-,11+,12+,13-,14+,15+/m0/s1. The van der Waals surface area contributed by atoms with E-state index in [1.165, 1.54) is 6.42 Å². The van der Waals surface area contributed by atoms with Crippen molar-refractivity contribution in [3.63, 3.8) is 0 Å². The van der Waals surface area contributed by atoms with Gasteiger partial charge in [-0.05, 0) is 25.2 Å². The maximum Gasteiger partial charge on any atom is 0.153 e. The molecule has 4 rings (SSSR count). The van der Waals surface area contributed by atoms with E-state index in [-0.39, 0.29) is 23.4 Å². The third-order valence-corrected chi connectivity index (χ3v) is 5.73. The van der Waals surface area contributed by atoms with Crippen LogP contribution < -0.4 is 0 Å². The van der Waals surface area contributed by atoms with Crippen LogP contribution in [0, 0.1) is 17.8 Å². The van der Waals surface area contributed by atoms with Crippen LogP contribution in [0.15, 0.2) is 12.7 Å². The van der Waals surface area contributed by atoms with Gasteiger partial charge in [0.25, 0.3) is 0 Å². The molecular formula is C15H22O3. The molecule has 1 aliphatic carbocycles. The summed E-state index contributed by atoms with van der Waals surface area (Å²) in [7, 11) is 0. The van der Waals surface area contributed by atoms with Gasteiger partial charge in [0.1, 0.15) is 11.7 Å². The van der Waals surface area contributed by atoms with Crippen LogP contribution in [0.25, 0.3) is 0 Å². The van der Waals surface area contributed by atoms with Crippen molar-refractivity contribution >= 4 is 0 Å². The fraction of sp³-hybridized carbons (Fsp3) is 0.867. The van der Waals surface area contributed by atoms with Gasteiger partial charge in [-0.1, -0.05) is 19.9 Å². The third kappa shape index (κ3) is 1.04. The molecule has 0 radical (unpaired) electrons. The molecule has 0 bridgehead atoms. The molecule has 0 aromatic heterocycles. The Morgan fingerprint density at radius 3 is 2.67 bits per heavy atom. The Kier molecular flexibility index (Phi) is 2.03. The van der Waals surface area contributed by atoms with Crippen molar-refractivity contribution in [2.45, 2.75) is 56.7 Å². The minimum absolute atomic E-state index is 0.000313. The fourth-order valence-corrected chi connectivity index (χ4v) is 4.66. The van der Waals surface area contributed by atoms with Gasteiger partial charge >= 0.3 is 0 Å². The lowest BCUT2D eigenvalue weighted by molar-refractivity contribution is -0.140. The Balaban J connectivity index is 1.74. The molecule has 3 nitrogen and oxygen atoms in total. The van der Waals surface area contributed by atoms with Gasteiger partial charge in [0, 0.05) is 5.92 Å². The minimum Gasteiger partial charge on any atom is -0.368 e. The predicted octanol–water partition coefficient (Wildman–Crippen LogP) is 2.16. The lowest BCUT2D eigenvalue weighted by Crippen LogP contribution is -2.57. The van der Waals surface area contributed by atoms with E-state index in [1.807, 2.05) is 6.08 Å². The fourth-order valence-electron chi connectivity index (χ4n) is 4.66. The topological polar surface area (TPSA) is 34.3 Å². The summed E-state index contributed by atoms with van der Waals surface area (Å²) < 4.78 is 18.2. The zero-order chi connectivity index (χ0) is 12.7. The van der Waals surface area contributed by atoms with Gasteiger partial charge in [0.2, 0.25) is 0 Å². The van der Waals surface area contributed by atoms with E-state index >= 15 is 0 Å². The highest BCUT2D eigenvalue weighted by Crippen LogP contribution is 2.71. The Bertz CT molecular complexity index is 401. The molecule has 0 aromatic rings. The SMILES string of the molecule is C=C[C@H]1O[C@@H](C)[C@H]2C[C@@H](C(C)C)[C@@H]3O[C@]23[C@@]12CO2. The van der Waals surface area contributed by atoms with Crippen LogP contribution >= 0.6 is 0 Å². The summed E-state index contributed by atoms with van der Waals surface area (Å²) in [4.78, 5) is 0. The lowest BCUT2D eigenvalue weighted by Gasteiger charge is -2.41. The number of epoxide rings is 2. The second kappa shape index (κ2) is 3.20. The van der Waals surface area contributed by atoms with Gasteiger partial charge in [-0.15, -0.1) is 6.58 Å². The maximum atomic E-state index is 6.25. The maximum absolute atomic E-state index is 6.25. The molecular weight excluding hydrogens is 228 g/mol. The molecule has 2 spiro atoms. The summed E-state index contributed by atoms with van der Waals surface area (Å²) in [6.45, 7) is 11.5. The summed E-state index contributed by atoms with van der Waals surface area (Å²) in [6.07, 6.45) is 3.75. The first kappa shape index (κ1) is 11.4. The van der Waals surface area contributed by atoms with Crippen molar-refractivity contribution in [1.29, 1.82) is 0 Å². The molecule has 0 N–H and O–H groups in total. The van der Waals surface area contributed by atoms with Gasteiger partial charge in [-0.25, -0.2) is 0 Å². The predicted molar refractivity (Wildman–Crippen MR) is 67.3 cm³/mol. The highest BCUT2D eigenvalue weighted by atomic mass is 16.7. The van der Waals surface area contributed by atoms with E-state index in [0.717, 1.165) is 6.61 Å². The van der Waals surface area contributed by atoms with E-state index in [1.54, 1.807) is 0 Å². The van der Waals surface area contributed by atoms with Crippen LogP contribution in [-0.4, -0.2) is 36.1 Å². The van der Waals surface area contributed by atoms with E-state index in [4.69, 9.17) is 14.2 Å². The van der Waals surface area contributed by atoms with E-state index in [0.29, 0.717) is 23.9 Å². The van der Waals surface area contributed by atoms with E-state index in [2.05, 4.69) is 27.4 Å². The van der Waals surface area contributed by atoms with Gasteiger partial charge in [0.05, 0.1) is 18.8 Å². The quantitative estimate of drug-likeness (QED) is 0.556. The normalized spacial score (nSPS) is 60.6. The molecule has 7 atom stereocenters. The van der Waals surface area contributed by atoms with Gasteiger partial charge in [-0.2, -0.15) is 0 Å².